The molecule has 18 heavy (non-hydrogen) atoms. The van der Waals surface area contributed by atoms with Gasteiger partial charge in [-0.05, 0) is 35.6 Å². The van der Waals surface area contributed by atoms with Gasteiger partial charge in [0, 0.05) is 36.1 Å². The van der Waals surface area contributed by atoms with Gasteiger partial charge in [0.15, 0.2) is 5.82 Å². The largest absolute Gasteiger partial charge is 0.352 e. The van der Waals surface area contributed by atoms with Crippen LogP contribution in [0.2, 0.25) is 0 Å². The minimum Gasteiger partial charge on any atom is -0.352 e. The molecule has 4 nitrogen and oxygen atoms in total. The molecule has 0 saturated carbocycles. The van der Waals surface area contributed by atoms with Gasteiger partial charge in [-0.3, -0.25) is 0 Å². The molecule has 0 aromatic carbocycles. The van der Waals surface area contributed by atoms with E-state index in [-0.39, 0.29) is 0 Å². The van der Waals surface area contributed by atoms with Crippen molar-refractivity contribution in [2.45, 2.75) is 13.0 Å². The maximum atomic E-state index is 4.52. The summed E-state index contributed by atoms with van der Waals surface area (Å²) in [5.74, 6) is 1.05. The molecular formula is C12H19BrN4S. The monoisotopic (exact) mass is 330 g/mol. The van der Waals surface area contributed by atoms with Gasteiger partial charge in [-0.25, -0.2) is 4.98 Å². The number of hydrogen-bond donors (Lipinski definition) is 1. The third-order valence-corrected chi connectivity index (χ3v) is 4.19. The van der Waals surface area contributed by atoms with Gasteiger partial charge < -0.3 is 14.5 Å². The molecule has 1 aliphatic heterocycles. The van der Waals surface area contributed by atoms with Crippen LogP contribution in [0.5, 0.6) is 0 Å². The third kappa shape index (κ3) is 2.92. The van der Waals surface area contributed by atoms with Crippen molar-refractivity contribution >= 4 is 39.4 Å². The van der Waals surface area contributed by atoms with Crippen molar-refractivity contribution in [1.82, 2.24) is 9.88 Å². The Kier molecular flexibility index (Phi) is 4.75. The van der Waals surface area contributed by atoms with Gasteiger partial charge in [0.05, 0.1) is 5.69 Å². The molecule has 0 spiro atoms. The van der Waals surface area contributed by atoms with E-state index in [1.54, 1.807) is 11.9 Å². The van der Waals surface area contributed by atoms with E-state index in [0.29, 0.717) is 6.04 Å². The first-order valence-electron chi connectivity index (χ1n) is 6.05. The van der Waals surface area contributed by atoms with Gasteiger partial charge in [0.2, 0.25) is 0 Å². The summed E-state index contributed by atoms with van der Waals surface area (Å²) in [5, 5.41) is 0. The smallest absolute Gasteiger partial charge is 0.153 e. The number of nitrogens with one attached hydrogen (secondary N) is 1. The van der Waals surface area contributed by atoms with Crippen LogP contribution in [0.4, 0.5) is 11.5 Å². The van der Waals surface area contributed by atoms with Crippen LogP contribution in [-0.2, 0) is 0 Å². The van der Waals surface area contributed by atoms with E-state index >= 15 is 0 Å². The fourth-order valence-electron chi connectivity index (χ4n) is 2.03. The lowest BCUT2D eigenvalue weighted by Crippen LogP contribution is -2.58. The molecule has 0 atom stereocenters. The molecule has 1 saturated heterocycles. The van der Waals surface area contributed by atoms with E-state index in [4.69, 9.17) is 0 Å². The summed E-state index contributed by atoms with van der Waals surface area (Å²) in [4.78, 5) is 9.23. The van der Waals surface area contributed by atoms with Crippen LogP contribution in [0.1, 0.15) is 6.92 Å². The zero-order valence-corrected chi connectivity index (χ0v) is 13.4. The number of likely N-dealkylation sites (N-methyl/N-ethyl adjacent to an activating group) is 1. The van der Waals surface area contributed by atoms with Gasteiger partial charge in [0.1, 0.15) is 0 Å². The van der Waals surface area contributed by atoms with Crippen LogP contribution in [0, 0.1) is 0 Å². The van der Waals surface area contributed by atoms with Crippen LogP contribution in [-0.4, -0.2) is 48.9 Å². The highest BCUT2D eigenvalue weighted by Gasteiger charge is 2.31. The van der Waals surface area contributed by atoms with Gasteiger partial charge in [0.25, 0.3) is 0 Å². The molecule has 0 radical (unpaired) electrons. The number of halogens is 1. The first kappa shape index (κ1) is 14.0. The van der Waals surface area contributed by atoms with Crippen molar-refractivity contribution in [1.29, 1.82) is 0 Å². The van der Waals surface area contributed by atoms with E-state index in [2.05, 4.69) is 55.5 Å². The number of pyridine rings is 1. The lowest BCUT2D eigenvalue weighted by molar-refractivity contribution is 0.214. The predicted molar refractivity (Wildman–Crippen MR) is 83.4 cm³/mol. The third-order valence-electron chi connectivity index (χ3n) is 3.33. The highest BCUT2D eigenvalue weighted by molar-refractivity contribution is 9.10. The van der Waals surface area contributed by atoms with Crippen molar-refractivity contribution in [3.8, 4) is 0 Å². The Balaban J connectivity index is 2.06. The number of anilines is 2. The lowest BCUT2D eigenvalue weighted by Gasteiger charge is -2.45. The molecular weight excluding hydrogens is 312 g/mol. The van der Waals surface area contributed by atoms with Crippen molar-refractivity contribution in [3.63, 3.8) is 0 Å². The Labute approximate surface area is 121 Å². The lowest BCUT2D eigenvalue weighted by atomic mass is 10.1. The first-order chi connectivity index (χ1) is 8.65. The molecule has 6 heteroatoms. The minimum absolute atomic E-state index is 0.655. The fourth-order valence-corrected chi connectivity index (χ4v) is 2.74. The van der Waals surface area contributed by atoms with Crippen molar-refractivity contribution < 1.29 is 0 Å². The van der Waals surface area contributed by atoms with Crippen LogP contribution in [0.3, 0.4) is 0 Å². The molecule has 100 valence electrons. The normalized spacial score (nSPS) is 15.9. The Morgan fingerprint density at radius 3 is 2.94 bits per heavy atom. The number of hydrogen-bond acceptors (Lipinski definition) is 5. The van der Waals surface area contributed by atoms with Crippen molar-refractivity contribution in [2.24, 2.45) is 0 Å². The number of nitrogens with zero attached hydrogens (tertiary/aromatic N) is 3. The van der Waals surface area contributed by atoms with Crippen molar-refractivity contribution in [3.05, 3.63) is 16.7 Å². The Hall–Kier alpha value is -0.460. The topological polar surface area (TPSA) is 31.4 Å². The van der Waals surface area contributed by atoms with E-state index in [1.165, 1.54) is 0 Å². The van der Waals surface area contributed by atoms with Gasteiger partial charge in [-0.2, -0.15) is 0 Å². The second-order valence-corrected chi connectivity index (χ2v) is 5.99. The van der Waals surface area contributed by atoms with E-state index in [0.717, 1.165) is 35.6 Å². The molecule has 2 heterocycles. The highest BCUT2D eigenvalue weighted by Crippen LogP contribution is 2.31. The molecule has 1 N–H and O–H groups in total. The maximum Gasteiger partial charge on any atom is 0.153 e. The Morgan fingerprint density at radius 1 is 1.61 bits per heavy atom. The molecule has 0 amide bonds. The summed E-state index contributed by atoms with van der Waals surface area (Å²) in [6, 6.07) is 2.73. The zero-order valence-electron chi connectivity index (χ0n) is 11.0. The number of aromatic nitrogens is 1. The summed E-state index contributed by atoms with van der Waals surface area (Å²) >= 11 is 5.06. The standard InChI is InChI=1S/C12H19BrN4S/c1-4-16(2)10-7-17(8-10)12-11(15-18-3)5-9(13)6-14-12/h5-6,10,15H,4,7-8H2,1-3H3. The summed E-state index contributed by atoms with van der Waals surface area (Å²) in [7, 11) is 2.18. The van der Waals surface area contributed by atoms with Crippen LogP contribution >= 0.6 is 27.9 Å². The first-order valence-corrected chi connectivity index (χ1v) is 8.07. The molecule has 1 aliphatic rings. The van der Waals surface area contributed by atoms with Gasteiger partial charge in [-0.15, -0.1) is 0 Å². The average molecular weight is 331 g/mol. The summed E-state index contributed by atoms with van der Waals surface area (Å²) in [6.45, 7) is 5.41. The number of rotatable bonds is 5. The Bertz CT molecular complexity index is 409. The quantitative estimate of drug-likeness (QED) is 0.839. The fraction of sp³-hybridized carbons (Fsp3) is 0.583. The second kappa shape index (κ2) is 6.12. The Morgan fingerprint density at radius 2 is 2.33 bits per heavy atom. The molecule has 1 aromatic heterocycles. The van der Waals surface area contributed by atoms with Gasteiger partial charge in [-0.1, -0.05) is 18.9 Å². The van der Waals surface area contributed by atoms with Gasteiger partial charge >= 0.3 is 0 Å². The van der Waals surface area contributed by atoms with Crippen molar-refractivity contribution in [2.75, 3.05) is 42.6 Å². The summed E-state index contributed by atoms with van der Waals surface area (Å²) in [6.07, 6.45) is 3.88. The maximum absolute atomic E-state index is 4.52. The molecule has 2 rings (SSSR count). The van der Waals surface area contributed by atoms with E-state index < -0.39 is 0 Å². The van der Waals surface area contributed by atoms with Crippen LogP contribution < -0.4 is 9.62 Å². The average Bonchev–Trinajstić information content (AvgIpc) is 2.30. The van der Waals surface area contributed by atoms with E-state index in [9.17, 15) is 0 Å². The highest BCUT2D eigenvalue weighted by atomic mass is 79.9. The minimum atomic E-state index is 0.655. The van der Waals surface area contributed by atoms with Crippen LogP contribution in [0.25, 0.3) is 0 Å². The molecule has 0 unspecified atom stereocenters. The predicted octanol–water partition coefficient (Wildman–Crippen LogP) is 2.67. The summed E-state index contributed by atoms with van der Waals surface area (Å²) in [5.41, 5.74) is 1.08. The molecule has 1 aromatic rings. The molecule has 0 aliphatic carbocycles. The molecule has 1 fully saturated rings. The summed E-state index contributed by atoms with van der Waals surface area (Å²) < 4.78 is 4.30. The second-order valence-electron chi connectivity index (χ2n) is 4.46. The van der Waals surface area contributed by atoms with E-state index in [1.807, 2.05) is 12.5 Å². The zero-order chi connectivity index (χ0) is 13.1. The SMILES string of the molecule is CCN(C)C1CN(c2ncc(Br)cc2NSC)C1. The van der Waals surface area contributed by atoms with Crippen LogP contribution in [0.15, 0.2) is 16.7 Å². The molecule has 0 bridgehead atoms.